The molecule has 1 aromatic carbocycles. The normalized spacial score (nSPS) is 13.5. The first-order valence-corrected chi connectivity index (χ1v) is 10.1. The standard InChI is InChI=1S/C22H36O4/c1-3-4-5-6-7-8-9-10-11-12-15-18-16-13-14-17-19(18)20(23)21(26-2)22(24)25/h13-14,16-17,20-21,23H,3-12,15H2,1-2H3,(H,24,25). The molecule has 0 amide bonds. The molecule has 0 aliphatic rings. The van der Waals surface area contributed by atoms with Crippen molar-refractivity contribution in [2.45, 2.75) is 89.8 Å². The van der Waals surface area contributed by atoms with Crippen molar-refractivity contribution in [2.75, 3.05) is 7.11 Å². The van der Waals surface area contributed by atoms with Gasteiger partial charge in [0.2, 0.25) is 0 Å². The van der Waals surface area contributed by atoms with E-state index in [-0.39, 0.29) is 0 Å². The average Bonchev–Trinajstić information content (AvgIpc) is 2.63. The maximum atomic E-state index is 11.2. The Bertz CT molecular complexity index is 501. The summed E-state index contributed by atoms with van der Waals surface area (Å²) in [5.41, 5.74) is 1.68. The lowest BCUT2D eigenvalue weighted by Crippen LogP contribution is -2.30. The van der Waals surface area contributed by atoms with E-state index in [9.17, 15) is 15.0 Å². The Morgan fingerprint density at radius 1 is 0.962 bits per heavy atom. The van der Waals surface area contributed by atoms with E-state index in [0.717, 1.165) is 18.4 Å². The molecule has 2 atom stereocenters. The molecule has 4 heteroatoms. The van der Waals surface area contributed by atoms with Gasteiger partial charge in [-0.1, -0.05) is 89.0 Å². The molecule has 26 heavy (non-hydrogen) atoms. The molecular weight excluding hydrogens is 328 g/mol. The van der Waals surface area contributed by atoms with Gasteiger partial charge >= 0.3 is 5.97 Å². The highest BCUT2D eigenvalue weighted by Crippen LogP contribution is 2.24. The summed E-state index contributed by atoms with van der Waals surface area (Å²) in [6.45, 7) is 2.24. The largest absolute Gasteiger partial charge is 0.479 e. The number of hydrogen-bond acceptors (Lipinski definition) is 3. The third kappa shape index (κ3) is 8.33. The highest BCUT2D eigenvalue weighted by atomic mass is 16.5. The van der Waals surface area contributed by atoms with Crippen molar-refractivity contribution in [1.29, 1.82) is 0 Å². The van der Waals surface area contributed by atoms with Crippen molar-refractivity contribution < 1.29 is 19.7 Å². The van der Waals surface area contributed by atoms with E-state index in [1.54, 1.807) is 6.07 Å². The number of methoxy groups -OCH3 is 1. The zero-order valence-corrected chi connectivity index (χ0v) is 16.5. The molecule has 0 saturated carbocycles. The Balaban J connectivity index is 2.34. The van der Waals surface area contributed by atoms with Gasteiger partial charge in [-0.15, -0.1) is 0 Å². The van der Waals surface area contributed by atoms with Gasteiger partial charge in [-0.3, -0.25) is 0 Å². The minimum atomic E-state index is -1.23. The van der Waals surface area contributed by atoms with Crippen LogP contribution in [0.15, 0.2) is 24.3 Å². The molecule has 0 bridgehead atoms. The fraction of sp³-hybridized carbons (Fsp3) is 0.682. The van der Waals surface area contributed by atoms with E-state index in [1.165, 1.54) is 64.9 Å². The molecular formula is C22H36O4. The van der Waals surface area contributed by atoms with Gasteiger partial charge in [-0.05, 0) is 24.0 Å². The smallest absolute Gasteiger partial charge is 0.335 e. The number of benzene rings is 1. The number of aryl methyl sites for hydroxylation is 1. The predicted octanol–water partition coefficient (Wildman–Crippen LogP) is 5.28. The number of unbranched alkanes of at least 4 members (excludes halogenated alkanes) is 9. The van der Waals surface area contributed by atoms with Gasteiger partial charge < -0.3 is 14.9 Å². The minimum absolute atomic E-state index is 0.665. The van der Waals surface area contributed by atoms with Crippen molar-refractivity contribution in [2.24, 2.45) is 0 Å². The zero-order valence-electron chi connectivity index (χ0n) is 16.5. The summed E-state index contributed by atoms with van der Waals surface area (Å²) >= 11 is 0. The van der Waals surface area contributed by atoms with Crippen LogP contribution in [0.2, 0.25) is 0 Å². The average molecular weight is 365 g/mol. The summed E-state index contributed by atoms with van der Waals surface area (Å²) in [4.78, 5) is 11.2. The number of aliphatic hydroxyl groups excluding tert-OH is 1. The molecule has 0 aliphatic heterocycles. The van der Waals surface area contributed by atoms with E-state index in [1.807, 2.05) is 18.2 Å². The summed E-state index contributed by atoms with van der Waals surface area (Å²) in [7, 11) is 1.31. The van der Waals surface area contributed by atoms with E-state index in [2.05, 4.69) is 6.92 Å². The molecule has 4 nitrogen and oxygen atoms in total. The first kappa shape index (κ1) is 22.7. The Morgan fingerprint density at radius 2 is 1.50 bits per heavy atom. The van der Waals surface area contributed by atoms with E-state index in [0.29, 0.717) is 5.56 Å². The lowest BCUT2D eigenvalue weighted by Gasteiger charge is -2.20. The van der Waals surface area contributed by atoms with Gasteiger partial charge in [0.15, 0.2) is 6.10 Å². The Hall–Kier alpha value is -1.39. The predicted molar refractivity (Wildman–Crippen MR) is 105 cm³/mol. The van der Waals surface area contributed by atoms with Crippen LogP contribution in [0.5, 0.6) is 0 Å². The Labute approximate surface area is 158 Å². The van der Waals surface area contributed by atoms with E-state index in [4.69, 9.17) is 4.74 Å². The molecule has 0 radical (unpaired) electrons. The summed E-state index contributed by atoms with van der Waals surface area (Å²) in [6.07, 6.45) is 11.3. The monoisotopic (exact) mass is 364 g/mol. The van der Waals surface area contributed by atoms with Crippen LogP contribution < -0.4 is 0 Å². The number of hydrogen-bond donors (Lipinski definition) is 2. The highest BCUT2D eigenvalue weighted by Gasteiger charge is 2.28. The molecule has 0 fully saturated rings. The lowest BCUT2D eigenvalue weighted by molar-refractivity contribution is -0.155. The number of aliphatic carboxylic acids is 1. The number of rotatable bonds is 15. The first-order valence-electron chi connectivity index (χ1n) is 10.1. The molecule has 1 rings (SSSR count). The molecule has 1 aromatic rings. The van der Waals surface area contributed by atoms with Crippen LogP contribution in [0, 0.1) is 0 Å². The van der Waals surface area contributed by atoms with Gasteiger partial charge in [0, 0.05) is 7.11 Å². The number of carboxylic acid groups (broad SMARTS) is 1. The fourth-order valence-corrected chi connectivity index (χ4v) is 3.38. The van der Waals surface area contributed by atoms with Crippen molar-refractivity contribution in [3.05, 3.63) is 35.4 Å². The number of aliphatic hydroxyl groups is 1. The van der Waals surface area contributed by atoms with Gasteiger partial charge in [0.25, 0.3) is 0 Å². The van der Waals surface area contributed by atoms with Crippen LogP contribution in [-0.2, 0) is 16.0 Å². The number of carboxylic acids is 1. The van der Waals surface area contributed by atoms with Crippen LogP contribution in [0.25, 0.3) is 0 Å². The SMILES string of the molecule is CCCCCCCCCCCCc1ccccc1C(O)C(OC)C(=O)O. The van der Waals surface area contributed by atoms with Gasteiger partial charge in [-0.2, -0.15) is 0 Å². The maximum absolute atomic E-state index is 11.2. The molecule has 2 N–H and O–H groups in total. The molecule has 0 heterocycles. The molecule has 0 spiro atoms. The van der Waals surface area contributed by atoms with Gasteiger partial charge in [0.1, 0.15) is 6.10 Å². The molecule has 2 unspecified atom stereocenters. The maximum Gasteiger partial charge on any atom is 0.335 e. The van der Waals surface area contributed by atoms with Crippen LogP contribution in [0.1, 0.15) is 88.4 Å². The molecule has 0 saturated heterocycles. The second kappa shape index (κ2) is 13.8. The second-order valence-corrected chi connectivity index (χ2v) is 7.07. The fourth-order valence-electron chi connectivity index (χ4n) is 3.38. The summed E-state index contributed by atoms with van der Waals surface area (Å²) in [5, 5.41) is 19.6. The van der Waals surface area contributed by atoms with Crippen LogP contribution in [0.4, 0.5) is 0 Å². The number of carbonyl (C=O) groups is 1. The third-order valence-electron chi connectivity index (χ3n) is 4.96. The van der Waals surface area contributed by atoms with Gasteiger partial charge in [-0.25, -0.2) is 4.79 Å². The second-order valence-electron chi connectivity index (χ2n) is 7.07. The molecule has 0 aromatic heterocycles. The quantitative estimate of drug-likeness (QED) is 0.415. The van der Waals surface area contributed by atoms with E-state index < -0.39 is 18.2 Å². The molecule has 148 valence electrons. The van der Waals surface area contributed by atoms with Crippen molar-refractivity contribution in [3.8, 4) is 0 Å². The highest BCUT2D eigenvalue weighted by molar-refractivity contribution is 5.73. The Kier molecular flexibility index (Phi) is 12.0. The zero-order chi connectivity index (χ0) is 19.2. The minimum Gasteiger partial charge on any atom is -0.479 e. The third-order valence-corrected chi connectivity index (χ3v) is 4.96. The van der Waals surface area contributed by atoms with Crippen molar-refractivity contribution in [3.63, 3.8) is 0 Å². The summed E-state index contributed by atoms with van der Waals surface area (Å²) in [5.74, 6) is -1.14. The topological polar surface area (TPSA) is 66.8 Å². The van der Waals surface area contributed by atoms with Crippen molar-refractivity contribution in [1.82, 2.24) is 0 Å². The first-order chi connectivity index (χ1) is 12.6. The Morgan fingerprint density at radius 3 is 2.04 bits per heavy atom. The van der Waals surface area contributed by atoms with Crippen LogP contribution >= 0.6 is 0 Å². The van der Waals surface area contributed by atoms with Crippen LogP contribution in [-0.4, -0.2) is 29.4 Å². The lowest BCUT2D eigenvalue weighted by atomic mass is 9.94. The summed E-state index contributed by atoms with van der Waals surface area (Å²) < 4.78 is 4.94. The number of ether oxygens (including phenoxy) is 1. The summed E-state index contributed by atoms with van der Waals surface area (Å²) in [6, 6.07) is 7.53. The van der Waals surface area contributed by atoms with E-state index >= 15 is 0 Å². The molecule has 0 aliphatic carbocycles. The van der Waals surface area contributed by atoms with Crippen LogP contribution in [0.3, 0.4) is 0 Å². The van der Waals surface area contributed by atoms with Crippen molar-refractivity contribution >= 4 is 5.97 Å². The van der Waals surface area contributed by atoms with Gasteiger partial charge in [0.05, 0.1) is 0 Å².